The highest BCUT2D eigenvalue weighted by Gasteiger charge is 2.29. The summed E-state index contributed by atoms with van der Waals surface area (Å²) >= 11 is 0. The largest absolute Gasteiger partial charge is 0.373 e. The Hall–Kier alpha value is -3.46. The maximum Gasteiger partial charge on any atom is 0.268 e. The topological polar surface area (TPSA) is 98.4 Å². The minimum absolute atomic E-state index is 0.0732. The minimum Gasteiger partial charge on any atom is -0.373 e. The highest BCUT2D eigenvalue weighted by molar-refractivity contribution is 6.01. The molecule has 3 heterocycles. The van der Waals surface area contributed by atoms with E-state index in [9.17, 15) is 14.0 Å². The van der Waals surface area contributed by atoms with E-state index in [1.54, 1.807) is 31.2 Å². The molecule has 9 heteroatoms. The Labute approximate surface area is 191 Å². The molecule has 0 aliphatic carbocycles. The highest BCUT2D eigenvalue weighted by Crippen LogP contribution is 2.26. The molecule has 1 aliphatic heterocycles. The van der Waals surface area contributed by atoms with Gasteiger partial charge >= 0.3 is 0 Å². The fourth-order valence-electron chi connectivity index (χ4n) is 4.02. The number of amides is 2. The number of benzene rings is 1. The van der Waals surface area contributed by atoms with Crippen molar-refractivity contribution in [1.29, 1.82) is 0 Å². The molecular formula is C24H27FN4O4. The summed E-state index contributed by atoms with van der Waals surface area (Å²) in [6.45, 7) is 6.91. The van der Waals surface area contributed by atoms with Gasteiger partial charge in [-0.15, -0.1) is 0 Å². The second-order valence-corrected chi connectivity index (χ2v) is 8.45. The Kier molecular flexibility index (Phi) is 6.60. The number of nitrogens with zero attached hydrogens (tertiary/aromatic N) is 2. The summed E-state index contributed by atoms with van der Waals surface area (Å²) in [7, 11) is 0. The van der Waals surface area contributed by atoms with Crippen molar-refractivity contribution in [3.05, 3.63) is 76.7 Å². The highest BCUT2D eigenvalue weighted by atomic mass is 19.1. The van der Waals surface area contributed by atoms with Gasteiger partial charge in [0.2, 0.25) is 0 Å². The van der Waals surface area contributed by atoms with Gasteiger partial charge < -0.3 is 24.5 Å². The third-order valence-corrected chi connectivity index (χ3v) is 5.80. The summed E-state index contributed by atoms with van der Waals surface area (Å²) in [6, 6.07) is 8.69. The second kappa shape index (κ2) is 9.58. The van der Waals surface area contributed by atoms with E-state index in [1.165, 1.54) is 18.3 Å². The lowest BCUT2D eigenvalue weighted by Gasteiger charge is -2.24. The van der Waals surface area contributed by atoms with E-state index < -0.39 is 0 Å². The first-order chi connectivity index (χ1) is 15.8. The van der Waals surface area contributed by atoms with Gasteiger partial charge in [0.05, 0.1) is 42.8 Å². The summed E-state index contributed by atoms with van der Waals surface area (Å²) in [6.07, 6.45) is 1.51. The maximum absolute atomic E-state index is 13.4. The molecule has 8 nitrogen and oxygen atoms in total. The molecule has 0 spiro atoms. The molecule has 4 rings (SSSR count). The molecule has 1 unspecified atom stereocenters. The number of aromatic nitrogens is 2. The molecule has 2 N–H and O–H groups in total. The van der Waals surface area contributed by atoms with Crippen molar-refractivity contribution in [1.82, 2.24) is 20.4 Å². The van der Waals surface area contributed by atoms with Crippen LogP contribution in [0.2, 0.25) is 0 Å². The van der Waals surface area contributed by atoms with Gasteiger partial charge in [0, 0.05) is 12.6 Å². The SMILES string of the molecule is CC(NC(=O)c1cc(C(=O)N[C@@H](c2ccc(F)cc2)C(C)C)n2c1COCC2)c1ccno1. The first kappa shape index (κ1) is 22.7. The molecule has 2 atom stereocenters. The number of hydrogen-bond acceptors (Lipinski definition) is 5. The third kappa shape index (κ3) is 4.83. The number of halogens is 1. The first-order valence-electron chi connectivity index (χ1n) is 10.9. The van der Waals surface area contributed by atoms with E-state index in [0.29, 0.717) is 35.9 Å². The summed E-state index contributed by atoms with van der Waals surface area (Å²) in [5.41, 5.74) is 2.23. The average Bonchev–Trinajstić information content (AvgIpc) is 3.46. The monoisotopic (exact) mass is 454 g/mol. The molecule has 174 valence electrons. The Balaban J connectivity index is 1.59. The van der Waals surface area contributed by atoms with E-state index >= 15 is 0 Å². The van der Waals surface area contributed by atoms with Crippen LogP contribution in [0, 0.1) is 11.7 Å². The van der Waals surface area contributed by atoms with Crippen LogP contribution in [0.4, 0.5) is 4.39 Å². The molecule has 0 saturated carbocycles. The molecular weight excluding hydrogens is 427 g/mol. The molecule has 3 aromatic rings. The van der Waals surface area contributed by atoms with Crippen LogP contribution in [0.3, 0.4) is 0 Å². The molecule has 0 saturated heterocycles. The normalized spacial score (nSPS) is 15.1. The van der Waals surface area contributed by atoms with Gasteiger partial charge in [0.15, 0.2) is 5.76 Å². The predicted molar refractivity (Wildman–Crippen MR) is 118 cm³/mol. The molecule has 2 aromatic heterocycles. The van der Waals surface area contributed by atoms with Gasteiger partial charge in [-0.3, -0.25) is 9.59 Å². The number of carbonyl (C=O) groups is 2. The summed E-state index contributed by atoms with van der Waals surface area (Å²) in [5, 5.41) is 9.61. The standard InChI is InChI=1S/C24H27FN4O4/c1-14(2)22(16-4-6-17(25)7-5-16)28-24(31)19-12-18(20-13-32-11-10-29(19)20)23(30)27-15(3)21-8-9-26-33-21/h4-9,12,14-15,22H,10-11,13H2,1-3H3,(H,27,30)(H,28,31)/t15?,22-/m1/s1. The third-order valence-electron chi connectivity index (χ3n) is 5.80. The van der Waals surface area contributed by atoms with Crippen LogP contribution < -0.4 is 10.6 Å². The van der Waals surface area contributed by atoms with Gasteiger partial charge in [-0.2, -0.15) is 0 Å². The van der Waals surface area contributed by atoms with Crippen LogP contribution in [0.25, 0.3) is 0 Å². The number of rotatable bonds is 7. The minimum atomic E-state index is -0.388. The zero-order chi connectivity index (χ0) is 23.5. The van der Waals surface area contributed by atoms with Crippen molar-refractivity contribution in [3.63, 3.8) is 0 Å². The van der Waals surface area contributed by atoms with E-state index in [0.717, 1.165) is 5.56 Å². The molecule has 0 bridgehead atoms. The number of fused-ring (bicyclic) bond motifs is 1. The Morgan fingerprint density at radius 3 is 2.52 bits per heavy atom. The van der Waals surface area contributed by atoms with Crippen LogP contribution in [0.15, 0.2) is 47.1 Å². The number of hydrogen-bond donors (Lipinski definition) is 2. The fourth-order valence-corrected chi connectivity index (χ4v) is 4.02. The molecule has 33 heavy (non-hydrogen) atoms. The van der Waals surface area contributed by atoms with Crippen molar-refractivity contribution >= 4 is 11.8 Å². The van der Waals surface area contributed by atoms with Gasteiger partial charge in [0.1, 0.15) is 11.5 Å². The maximum atomic E-state index is 13.4. The summed E-state index contributed by atoms with van der Waals surface area (Å²) < 4.78 is 25.9. The van der Waals surface area contributed by atoms with Gasteiger partial charge in [-0.1, -0.05) is 31.1 Å². The predicted octanol–water partition coefficient (Wildman–Crippen LogP) is 3.76. The van der Waals surface area contributed by atoms with Crippen LogP contribution in [0.5, 0.6) is 0 Å². The van der Waals surface area contributed by atoms with Crippen molar-refractivity contribution in [2.75, 3.05) is 6.61 Å². The van der Waals surface area contributed by atoms with Crippen LogP contribution in [0.1, 0.15) is 70.7 Å². The lowest BCUT2D eigenvalue weighted by molar-refractivity contribution is 0.0771. The molecule has 1 aromatic carbocycles. The fraction of sp³-hybridized carbons (Fsp3) is 0.375. The van der Waals surface area contributed by atoms with Gasteiger partial charge in [-0.05, 0) is 36.6 Å². The number of nitrogens with one attached hydrogen (secondary N) is 2. The van der Waals surface area contributed by atoms with E-state index in [1.807, 2.05) is 18.4 Å². The van der Waals surface area contributed by atoms with Crippen LogP contribution >= 0.6 is 0 Å². The molecule has 0 fully saturated rings. The Morgan fingerprint density at radius 1 is 1.09 bits per heavy atom. The van der Waals surface area contributed by atoms with E-state index in [2.05, 4.69) is 15.8 Å². The number of carbonyl (C=O) groups excluding carboxylic acids is 2. The zero-order valence-corrected chi connectivity index (χ0v) is 18.8. The van der Waals surface area contributed by atoms with Gasteiger partial charge in [0.25, 0.3) is 11.8 Å². The summed E-state index contributed by atoms with van der Waals surface area (Å²) in [5.74, 6) is -0.355. The second-order valence-electron chi connectivity index (χ2n) is 8.45. The molecule has 1 aliphatic rings. The lowest BCUT2D eigenvalue weighted by atomic mass is 9.96. The smallest absolute Gasteiger partial charge is 0.268 e. The Bertz CT molecular complexity index is 1120. The average molecular weight is 455 g/mol. The van der Waals surface area contributed by atoms with Crippen LogP contribution in [-0.2, 0) is 17.9 Å². The van der Waals surface area contributed by atoms with Crippen LogP contribution in [-0.4, -0.2) is 28.1 Å². The Morgan fingerprint density at radius 2 is 1.85 bits per heavy atom. The molecule has 0 radical (unpaired) electrons. The van der Waals surface area contributed by atoms with Crippen molar-refractivity contribution < 1.29 is 23.2 Å². The quantitative estimate of drug-likeness (QED) is 0.566. The zero-order valence-electron chi connectivity index (χ0n) is 18.8. The van der Waals surface area contributed by atoms with Gasteiger partial charge in [-0.25, -0.2) is 4.39 Å². The first-order valence-corrected chi connectivity index (χ1v) is 10.9. The van der Waals surface area contributed by atoms with Crippen molar-refractivity contribution in [3.8, 4) is 0 Å². The van der Waals surface area contributed by atoms with E-state index in [-0.39, 0.29) is 42.2 Å². The summed E-state index contributed by atoms with van der Waals surface area (Å²) in [4.78, 5) is 26.3. The van der Waals surface area contributed by atoms with Crippen molar-refractivity contribution in [2.24, 2.45) is 5.92 Å². The van der Waals surface area contributed by atoms with Crippen molar-refractivity contribution in [2.45, 2.75) is 46.0 Å². The molecule has 2 amide bonds. The number of ether oxygens (including phenoxy) is 1. The lowest BCUT2D eigenvalue weighted by Crippen LogP contribution is -2.34. The van der Waals surface area contributed by atoms with E-state index in [4.69, 9.17) is 9.26 Å².